The van der Waals surface area contributed by atoms with E-state index < -0.39 is 0 Å². The van der Waals surface area contributed by atoms with Gasteiger partial charge in [-0.1, -0.05) is 376 Å². The first kappa shape index (κ1) is 87.3. The van der Waals surface area contributed by atoms with Gasteiger partial charge in [-0.3, -0.25) is 0 Å². The zero-order valence-corrected chi connectivity index (χ0v) is 80.6. The number of benzene rings is 21. The van der Waals surface area contributed by atoms with Crippen LogP contribution in [0.3, 0.4) is 0 Å². The minimum atomic E-state index is 0.605. The first-order valence-corrected chi connectivity index (χ1v) is 50.1. The predicted octanol–water partition coefficient (Wildman–Crippen LogP) is 34.6. The van der Waals surface area contributed by atoms with E-state index in [4.69, 9.17) is 58.1 Å². The van der Waals surface area contributed by atoms with Gasteiger partial charge in [0.2, 0.25) is 0 Å². The van der Waals surface area contributed by atoms with Crippen LogP contribution in [0.25, 0.3) is 284 Å². The van der Waals surface area contributed by atoms with Crippen molar-refractivity contribution in [3.8, 4) is 153 Å². The van der Waals surface area contributed by atoms with Gasteiger partial charge in [0.1, 0.15) is 33.5 Å². The Balaban J connectivity index is 0.000000108. The van der Waals surface area contributed by atoms with Crippen LogP contribution in [0.2, 0.25) is 0 Å². The second kappa shape index (κ2) is 37.0. The van der Waals surface area contributed by atoms with Gasteiger partial charge in [0.25, 0.3) is 0 Å². The lowest BCUT2D eigenvalue weighted by Crippen LogP contribution is -2.00. The zero-order chi connectivity index (χ0) is 99.1. The van der Waals surface area contributed by atoms with Crippen molar-refractivity contribution in [2.24, 2.45) is 0 Å². The molecular formula is C135H84N12O3. The molecule has 0 spiro atoms. The van der Waals surface area contributed by atoms with Gasteiger partial charge in [0.05, 0.1) is 33.1 Å². The van der Waals surface area contributed by atoms with Crippen molar-refractivity contribution in [1.29, 1.82) is 0 Å². The molecular weight excluding hydrogens is 1840 g/mol. The summed E-state index contributed by atoms with van der Waals surface area (Å²) in [6.45, 7) is 0. The Hall–Kier alpha value is -20.6. The number of hydrogen-bond donors (Lipinski definition) is 0. The smallest absolute Gasteiger partial charge is 0.164 e. The van der Waals surface area contributed by atoms with Crippen LogP contribution >= 0.6 is 0 Å². The highest BCUT2D eigenvalue weighted by molar-refractivity contribution is 6.20. The van der Waals surface area contributed by atoms with Gasteiger partial charge in [0.15, 0.2) is 52.4 Å². The van der Waals surface area contributed by atoms with E-state index in [0.717, 1.165) is 166 Å². The summed E-state index contributed by atoms with van der Waals surface area (Å²) in [5.74, 6) is 5.60. The van der Waals surface area contributed by atoms with Gasteiger partial charge < -0.3 is 27.0 Å². The average Bonchev–Trinajstić information content (AvgIpc) is 1.62. The third-order valence-electron chi connectivity index (χ3n) is 28.4. The molecule has 0 aliphatic rings. The molecule has 0 N–H and O–H groups in total. The molecule has 21 aromatic carbocycles. The SMILES string of the molecule is c1ccc(-c2nc(-c3ccccc3)nc(-c3cccc4oc5cc(-c6ccc7c(c6)c6ccccc6n7-c6ccccc6)ccc5c34)n2)cc1.c1ccc(-c2nc(-c3ccccc3)nc(-c3cccc4oc5cc(-c6ccc7c8ccccc8n(-c8ccccc8)c7c6)ccc5c34)n2)cc1.c1ccc(-c2nc(-c3ccccc3)nc(-c3cccc4oc5cc(-c6cccc7c6c6ccccc6n7-c6ccccc6)ccc5c34)n2)cc1. The van der Waals surface area contributed by atoms with E-state index in [1.54, 1.807) is 0 Å². The van der Waals surface area contributed by atoms with Crippen LogP contribution in [0, 0.1) is 0 Å². The molecule has 9 heterocycles. The number of furan rings is 3. The summed E-state index contributed by atoms with van der Waals surface area (Å²) in [6.07, 6.45) is 0. The lowest BCUT2D eigenvalue weighted by atomic mass is 9.97. The fourth-order valence-corrected chi connectivity index (χ4v) is 21.5. The number of aromatic nitrogens is 12. The first-order valence-electron chi connectivity index (χ1n) is 50.1. The van der Waals surface area contributed by atoms with Crippen molar-refractivity contribution in [1.82, 2.24) is 58.6 Å². The Labute approximate surface area is 859 Å². The fourth-order valence-electron chi connectivity index (χ4n) is 21.5. The van der Waals surface area contributed by atoms with Crippen LogP contribution in [0.1, 0.15) is 0 Å². The Morgan fingerprint density at radius 2 is 0.373 bits per heavy atom. The number of fused-ring (bicyclic) bond motifs is 18. The zero-order valence-electron chi connectivity index (χ0n) is 80.6. The lowest BCUT2D eigenvalue weighted by Gasteiger charge is -2.09. The molecule has 0 aliphatic carbocycles. The van der Waals surface area contributed by atoms with Gasteiger partial charge in [-0.2, -0.15) is 0 Å². The molecule has 9 aromatic heterocycles. The standard InChI is InChI=1S/3C45H28N4O/c1-4-14-29(15-5-1)43-46-44(30-16-6-2-7-17-30)48-45(47-43)36-22-13-25-39-42(36)35-27-26-31(28-40(35)50-39)33-21-12-24-38-41(33)34-20-10-11-23-37(34)49(38)32-18-8-3-9-19-32;1-4-13-29(14-5-1)43-46-44(30-15-6-2-7-16-30)48-45(47-43)36-20-12-22-40-42(36)35-25-23-32(28-41(35)50-40)31-24-26-39-37(27-31)34-19-10-11-21-38(34)49(39)33-17-8-3-9-18-33;1-4-13-29(14-5-1)43-46-44(30-15-6-2-7-16-30)48-45(47-43)37-20-12-22-40-42(37)36-26-24-32(28-41(36)50-40)31-23-25-35-34-19-10-11-21-38(34)49(39(35)27-31)33-17-8-3-9-18-33/h3*1-28H. The summed E-state index contributed by atoms with van der Waals surface area (Å²) >= 11 is 0. The van der Waals surface area contributed by atoms with Crippen molar-refractivity contribution in [2.45, 2.75) is 0 Å². The van der Waals surface area contributed by atoms with E-state index >= 15 is 0 Å². The third kappa shape index (κ3) is 15.6. The van der Waals surface area contributed by atoms with Crippen LogP contribution < -0.4 is 0 Å². The van der Waals surface area contributed by atoms with Crippen LogP contribution in [0.4, 0.5) is 0 Å². The number of rotatable bonds is 15. The Morgan fingerprint density at radius 1 is 0.127 bits per heavy atom. The molecule has 702 valence electrons. The molecule has 0 saturated carbocycles. The lowest BCUT2D eigenvalue weighted by molar-refractivity contribution is 0.668. The maximum atomic E-state index is 6.60. The fraction of sp³-hybridized carbons (Fsp3) is 0. The molecule has 150 heavy (non-hydrogen) atoms. The first-order chi connectivity index (χ1) is 74.4. The molecule has 0 saturated heterocycles. The van der Waals surface area contributed by atoms with Gasteiger partial charge in [-0.05, 0) is 167 Å². The molecule has 30 aromatic rings. The Morgan fingerprint density at radius 3 is 0.753 bits per heavy atom. The summed E-state index contributed by atoms with van der Waals surface area (Å²) < 4.78 is 26.8. The van der Waals surface area contributed by atoms with Crippen molar-refractivity contribution in [2.75, 3.05) is 0 Å². The van der Waals surface area contributed by atoms with Crippen molar-refractivity contribution >= 4 is 131 Å². The molecule has 0 bridgehead atoms. The quantitative estimate of drug-likeness (QED) is 0.0953. The second-order valence-corrected chi connectivity index (χ2v) is 37.3. The number of hydrogen-bond acceptors (Lipinski definition) is 12. The van der Waals surface area contributed by atoms with E-state index in [2.05, 4.69) is 305 Å². The topological polar surface area (TPSA) is 170 Å². The number of para-hydroxylation sites is 6. The van der Waals surface area contributed by atoms with E-state index in [-0.39, 0.29) is 0 Å². The van der Waals surface area contributed by atoms with E-state index in [9.17, 15) is 0 Å². The van der Waals surface area contributed by atoms with Crippen LogP contribution in [-0.2, 0) is 0 Å². The van der Waals surface area contributed by atoms with Gasteiger partial charge in [-0.15, -0.1) is 0 Å². The average molecular weight is 1920 g/mol. The predicted molar refractivity (Wildman–Crippen MR) is 610 cm³/mol. The van der Waals surface area contributed by atoms with Crippen molar-refractivity contribution in [3.63, 3.8) is 0 Å². The number of nitrogens with zero attached hydrogens (tertiary/aromatic N) is 12. The second-order valence-electron chi connectivity index (χ2n) is 37.3. The largest absolute Gasteiger partial charge is 0.456 e. The highest BCUT2D eigenvalue weighted by Gasteiger charge is 2.27. The van der Waals surface area contributed by atoms with Gasteiger partial charge in [0, 0.05) is 132 Å². The Bertz CT molecular complexity index is 10200. The van der Waals surface area contributed by atoms with Crippen LogP contribution in [0.5, 0.6) is 0 Å². The molecule has 30 rings (SSSR count). The van der Waals surface area contributed by atoms with E-state index in [1.165, 1.54) is 65.4 Å². The van der Waals surface area contributed by atoms with Crippen molar-refractivity contribution in [3.05, 3.63) is 510 Å². The maximum Gasteiger partial charge on any atom is 0.164 e. The highest BCUT2D eigenvalue weighted by Crippen LogP contribution is 2.48. The van der Waals surface area contributed by atoms with E-state index in [0.29, 0.717) is 52.4 Å². The summed E-state index contributed by atoms with van der Waals surface area (Å²) in [5.41, 5.74) is 30.3. The minimum absolute atomic E-state index is 0.605. The van der Waals surface area contributed by atoms with Crippen LogP contribution in [-0.4, -0.2) is 58.6 Å². The monoisotopic (exact) mass is 1920 g/mol. The third-order valence-corrected chi connectivity index (χ3v) is 28.4. The summed E-state index contributed by atoms with van der Waals surface area (Å²) in [4.78, 5) is 44.8. The summed E-state index contributed by atoms with van der Waals surface area (Å²) in [5, 5.41) is 13.3. The van der Waals surface area contributed by atoms with Crippen LogP contribution in [0.15, 0.2) is 523 Å². The molecule has 0 aliphatic heterocycles. The molecule has 0 fully saturated rings. The van der Waals surface area contributed by atoms with Gasteiger partial charge >= 0.3 is 0 Å². The molecule has 15 nitrogen and oxygen atoms in total. The maximum absolute atomic E-state index is 6.60. The summed E-state index contributed by atoms with van der Waals surface area (Å²) in [7, 11) is 0. The van der Waals surface area contributed by atoms with Crippen molar-refractivity contribution < 1.29 is 13.3 Å². The minimum Gasteiger partial charge on any atom is -0.456 e. The Kier molecular flexibility index (Phi) is 21.5. The van der Waals surface area contributed by atoms with E-state index in [1.807, 2.05) is 218 Å². The molecule has 0 atom stereocenters. The normalized spacial score (nSPS) is 11.6. The molecule has 0 radical (unpaired) electrons. The molecule has 0 unspecified atom stereocenters. The molecule has 15 heteroatoms. The van der Waals surface area contributed by atoms with Gasteiger partial charge in [-0.25, -0.2) is 44.9 Å². The highest BCUT2D eigenvalue weighted by atomic mass is 16.3. The summed E-state index contributed by atoms with van der Waals surface area (Å²) in [6, 6.07) is 176. The molecule has 0 amide bonds.